The van der Waals surface area contributed by atoms with Crippen molar-refractivity contribution in [2.75, 3.05) is 0 Å². The van der Waals surface area contributed by atoms with E-state index in [1.165, 1.54) is 5.56 Å². The van der Waals surface area contributed by atoms with E-state index in [9.17, 15) is 0 Å². The number of rotatable bonds is 2. The molecule has 22 heavy (non-hydrogen) atoms. The highest BCUT2D eigenvalue weighted by Gasteiger charge is 2.02. The molecule has 3 rings (SSSR count). The predicted molar refractivity (Wildman–Crippen MR) is 87.7 cm³/mol. The molecule has 108 valence electrons. The van der Waals surface area contributed by atoms with Crippen LogP contribution in [0.25, 0.3) is 0 Å². The van der Waals surface area contributed by atoms with Gasteiger partial charge in [-0.2, -0.15) is 0 Å². The Balaban J connectivity index is 1.81. The fourth-order valence-electron chi connectivity index (χ4n) is 2.13. The van der Waals surface area contributed by atoms with E-state index in [-0.39, 0.29) is 0 Å². The van der Waals surface area contributed by atoms with Crippen molar-refractivity contribution in [3.63, 3.8) is 0 Å². The highest BCUT2D eigenvalue weighted by molar-refractivity contribution is 6.29. The molecule has 3 nitrogen and oxygen atoms in total. The van der Waals surface area contributed by atoms with Crippen molar-refractivity contribution in [3.05, 3.63) is 82.7 Å². The number of halogens is 1. The molecule has 0 saturated carbocycles. The van der Waals surface area contributed by atoms with Crippen LogP contribution >= 0.6 is 11.6 Å². The van der Waals surface area contributed by atoms with Gasteiger partial charge in [-0.15, -0.1) is 0 Å². The Hall–Kier alpha value is -2.57. The zero-order valence-corrected chi connectivity index (χ0v) is 12.9. The molecule has 0 aliphatic rings. The van der Waals surface area contributed by atoms with Gasteiger partial charge in [-0.3, -0.25) is 0 Å². The molecular formula is C18H14ClN3. The van der Waals surface area contributed by atoms with Crippen molar-refractivity contribution in [2.45, 2.75) is 13.5 Å². The minimum atomic E-state index is 0.442. The SMILES string of the molecule is Cc1nc(C#Cc2ccnc(Cl)c2)cn1Cc1ccccc1. The average molecular weight is 308 g/mol. The van der Waals surface area contributed by atoms with Gasteiger partial charge in [-0.25, -0.2) is 9.97 Å². The van der Waals surface area contributed by atoms with Crippen LogP contribution in [-0.4, -0.2) is 14.5 Å². The molecule has 2 heterocycles. The van der Waals surface area contributed by atoms with E-state index in [0.717, 1.165) is 23.6 Å². The third-order valence-electron chi connectivity index (χ3n) is 3.23. The van der Waals surface area contributed by atoms with Crippen LogP contribution in [0.4, 0.5) is 0 Å². The first-order chi connectivity index (χ1) is 10.7. The molecule has 0 bridgehead atoms. The van der Waals surface area contributed by atoms with Gasteiger partial charge in [0.15, 0.2) is 0 Å². The van der Waals surface area contributed by atoms with E-state index in [2.05, 4.69) is 38.5 Å². The summed E-state index contributed by atoms with van der Waals surface area (Å²) in [5.41, 5.74) is 2.82. The van der Waals surface area contributed by atoms with Crippen molar-refractivity contribution < 1.29 is 0 Å². The van der Waals surface area contributed by atoms with Gasteiger partial charge in [-0.1, -0.05) is 47.9 Å². The lowest BCUT2D eigenvalue weighted by Gasteiger charge is -2.03. The summed E-state index contributed by atoms with van der Waals surface area (Å²) in [4.78, 5) is 8.42. The first kappa shape index (κ1) is 14.4. The zero-order chi connectivity index (χ0) is 15.4. The van der Waals surface area contributed by atoms with E-state index < -0.39 is 0 Å². The molecule has 0 amide bonds. The first-order valence-electron chi connectivity index (χ1n) is 6.92. The van der Waals surface area contributed by atoms with Crippen LogP contribution < -0.4 is 0 Å². The Kier molecular flexibility index (Phi) is 4.22. The molecule has 0 radical (unpaired) electrons. The maximum absolute atomic E-state index is 5.85. The molecule has 0 unspecified atom stereocenters. The molecule has 0 saturated heterocycles. The Morgan fingerprint density at radius 2 is 1.95 bits per heavy atom. The summed E-state index contributed by atoms with van der Waals surface area (Å²) in [5, 5.41) is 0.442. The monoisotopic (exact) mass is 307 g/mol. The molecule has 0 aliphatic heterocycles. The smallest absolute Gasteiger partial charge is 0.131 e. The largest absolute Gasteiger partial charge is 0.329 e. The van der Waals surface area contributed by atoms with E-state index in [4.69, 9.17) is 11.6 Å². The summed E-state index contributed by atoms with van der Waals surface area (Å²) in [6.07, 6.45) is 3.61. The van der Waals surface area contributed by atoms with Crippen molar-refractivity contribution in [3.8, 4) is 11.8 Å². The number of benzene rings is 1. The van der Waals surface area contributed by atoms with Crippen LogP contribution in [0.2, 0.25) is 5.15 Å². The van der Waals surface area contributed by atoms with E-state index >= 15 is 0 Å². The zero-order valence-electron chi connectivity index (χ0n) is 12.1. The molecule has 0 fully saturated rings. The lowest BCUT2D eigenvalue weighted by Crippen LogP contribution is -2.00. The quantitative estimate of drug-likeness (QED) is 0.534. The Morgan fingerprint density at radius 3 is 2.73 bits per heavy atom. The third-order valence-corrected chi connectivity index (χ3v) is 3.44. The van der Waals surface area contributed by atoms with E-state index in [1.807, 2.05) is 37.4 Å². The normalized spacial score (nSPS) is 10.1. The second kappa shape index (κ2) is 6.46. The maximum atomic E-state index is 5.85. The minimum absolute atomic E-state index is 0.442. The average Bonchev–Trinajstić information content (AvgIpc) is 2.87. The summed E-state index contributed by atoms with van der Waals surface area (Å²) < 4.78 is 2.10. The van der Waals surface area contributed by atoms with Crippen LogP contribution in [0.15, 0.2) is 54.9 Å². The van der Waals surface area contributed by atoms with E-state index in [1.54, 1.807) is 12.3 Å². The lowest BCUT2D eigenvalue weighted by molar-refractivity contribution is 0.762. The number of hydrogen-bond acceptors (Lipinski definition) is 2. The van der Waals surface area contributed by atoms with Gasteiger partial charge in [0.2, 0.25) is 0 Å². The highest BCUT2D eigenvalue weighted by Crippen LogP contribution is 2.08. The molecule has 0 aliphatic carbocycles. The number of nitrogens with zero attached hydrogens (tertiary/aromatic N) is 3. The fraction of sp³-hybridized carbons (Fsp3) is 0.111. The summed E-state index contributed by atoms with van der Waals surface area (Å²) >= 11 is 5.85. The second-order valence-electron chi connectivity index (χ2n) is 4.90. The summed E-state index contributed by atoms with van der Waals surface area (Å²) in [5.74, 6) is 7.07. The molecule has 4 heteroatoms. The number of aromatic nitrogens is 3. The van der Waals surface area contributed by atoms with Gasteiger partial charge >= 0.3 is 0 Å². The van der Waals surface area contributed by atoms with Crippen LogP contribution in [0.1, 0.15) is 22.6 Å². The van der Waals surface area contributed by atoms with Crippen LogP contribution in [-0.2, 0) is 6.54 Å². The summed E-state index contributed by atoms with van der Waals surface area (Å²) in [6.45, 7) is 2.78. The van der Waals surface area contributed by atoms with Crippen molar-refractivity contribution in [2.24, 2.45) is 0 Å². The standard InChI is InChI=1S/C18H14ClN3/c1-14-21-17(8-7-15-9-10-20-18(19)11-15)13-22(14)12-16-5-3-2-4-6-16/h2-6,9-11,13H,12H2,1H3. The number of pyridine rings is 1. The Labute approximate surface area is 134 Å². The molecule has 0 spiro atoms. The summed E-state index contributed by atoms with van der Waals surface area (Å²) in [7, 11) is 0. The van der Waals surface area contributed by atoms with Crippen molar-refractivity contribution in [1.82, 2.24) is 14.5 Å². The lowest BCUT2D eigenvalue weighted by atomic mass is 10.2. The topological polar surface area (TPSA) is 30.7 Å². The Bertz CT molecular complexity index is 842. The summed E-state index contributed by atoms with van der Waals surface area (Å²) in [6, 6.07) is 13.9. The van der Waals surface area contributed by atoms with Crippen LogP contribution in [0.3, 0.4) is 0 Å². The fourth-order valence-corrected chi connectivity index (χ4v) is 2.30. The number of imidazole rings is 1. The maximum Gasteiger partial charge on any atom is 0.131 e. The molecule has 3 aromatic rings. The first-order valence-corrected chi connectivity index (χ1v) is 7.30. The van der Waals surface area contributed by atoms with E-state index in [0.29, 0.717) is 5.15 Å². The molecule has 0 N–H and O–H groups in total. The van der Waals surface area contributed by atoms with Gasteiger partial charge < -0.3 is 4.57 Å². The third kappa shape index (κ3) is 3.55. The highest BCUT2D eigenvalue weighted by atomic mass is 35.5. The van der Waals surface area contributed by atoms with Crippen molar-refractivity contribution >= 4 is 11.6 Å². The molecule has 1 aromatic carbocycles. The number of aryl methyl sites for hydroxylation is 1. The predicted octanol–water partition coefficient (Wildman–Crippen LogP) is 3.69. The molecule has 2 aromatic heterocycles. The molecular weight excluding hydrogens is 294 g/mol. The number of hydrogen-bond donors (Lipinski definition) is 0. The minimum Gasteiger partial charge on any atom is -0.329 e. The van der Waals surface area contributed by atoms with Crippen LogP contribution in [0, 0.1) is 18.8 Å². The van der Waals surface area contributed by atoms with Gasteiger partial charge in [-0.05, 0) is 30.5 Å². The molecule has 0 atom stereocenters. The Morgan fingerprint density at radius 1 is 1.14 bits per heavy atom. The second-order valence-corrected chi connectivity index (χ2v) is 5.29. The van der Waals surface area contributed by atoms with Gasteiger partial charge in [0.05, 0.1) is 0 Å². The van der Waals surface area contributed by atoms with Crippen molar-refractivity contribution in [1.29, 1.82) is 0 Å². The van der Waals surface area contributed by atoms with Gasteiger partial charge in [0, 0.05) is 24.5 Å². The van der Waals surface area contributed by atoms with Gasteiger partial charge in [0.25, 0.3) is 0 Å². The van der Waals surface area contributed by atoms with Crippen LogP contribution in [0.5, 0.6) is 0 Å². The van der Waals surface area contributed by atoms with Gasteiger partial charge in [0.1, 0.15) is 16.7 Å².